The molecule has 0 saturated carbocycles. The topological polar surface area (TPSA) is 81.1 Å². The smallest absolute Gasteiger partial charge is 0.242 e. The zero-order chi connectivity index (χ0) is 16.2. The van der Waals surface area contributed by atoms with Gasteiger partial charge in [0.05, 0.1) is 18.8 Å². The Hall–Kier alpha value is -2.41. The van der Waals surface area contributed by atoms with Crippen LogP contribution in [-0.4, -0.2) is 34.1 Å². The van der Waals surface area contributed by atoms with Crippen molar-refractivity contribution >= 4 is 5.91 Å². The molecule has 0 fully saturated rings. The van der Waals surface area contributed by atoms with E-state index in [0.717, 1.165) is 22.7 Å². The van der Waals surface area contributed by atoms with Crippen molar-refractivity contribution in [1.29, 1.82) is 0 Å². The Morgan fingerprint density at radius 2 is 2.26 bits per heavy atom. The average molecular weight is 315 g/mol. The molecule has 0 saturated heterocycles. The van der Waals surface area contributed by atoms with Crippen molar-refractivity contribution in [3.63, 3.8) is 0 Å². The number of carbonyl (C=O) groups excluding carboxylic acids is 1. The number of hydrogen-bond donors (Lipinski definition) is 2. The number of aryl methyl sites for hydroxylation is 2. The monoisotopic (exact) mass is 315 g/mol. The maximum Gasteiger partial charge on any atom is 0.242 e. The number of nitrogens with zero attached hydrogens (tertiary/aromatic N) is 3. The van der Waals surface area contributed by atoms with Crippen molar-refractivity contribution in [2.24, 2.45) is 0 Å². The summed E-state index contributed by atoms with van der Waals surface area (Å²) in [4.78, 5) is 14.2. The minimum atomic E-state index is -0.421. The van der Waals surface area contributed by atoms with Crippen LogP contribution in [0.4, 0.5) is 0 Å². The van der Waals surface area contributed by atoms with Crippen molar-refractivity contribution < 1.29 is 9.53 Å². The summed E-state index contributed by atoms with van der Waals surface area (Å²) in [7, 11) is 0. The highest BCUT2D eigenvalue weighted by Gasteiger charge is 2.25. The van der Waals surface area contributed by atoms with Crippen LogP contribution in [0.1, 0.15) is 29.9 Å². The molecule has 7 heteroatoms. The first-order valence-electron chi connectivity index (χ1n) is 7.82. The fourth-order valence-electron chi connectivity index (χ4n) is 2.60. The highest BCUT2D eigenvalue weighted by atomic mass is 16.5. The molecule has 122 valence electrons. The van der Waals surface area contributed by atoms with Gasteiger partial charge in [-0.25, -0.2) is 0 Å². The van der Waals surface area contributed by atoms with Crippen molar-refractivity contribution in [2.45, 2.75) is 33.0 Å². The van der Waals surface area contributed by atoms with E-state index in [1.54, 1.807) is 4.80 Å². The minimum Gasteiger partial charge on any atom is -0.492 e. The summed E-state index contributed by atoms with van der Waals surface area (Å²) < 4.78 is 5.66. The molecule has 0 bridgehead atoms. The standard InChI is InChI=1S/C16H21N5O2/c1-3-21-19-11(2)13(20-21)10-18-16(22)15-12-6-4-5-7-14(12)23-9-8-17-15/h4-7,15,17H,3,8-10H2,1-2H3,(H,18,22). The van der Waals surface area contributed by atoms with Crippen LogP contribution in [0.3, 0.4) is 0 Å². The maximum absolute atomic E-state index is 12.6. The van der Waals surface area contributed by atoms with Crippen molar-refractivity contribution in [3.05, 3.63) is 41.2 Å². The van der Waals surface area contributed by atoms with E-state index in [4.69, 9.17) is 4.74 Å². The highest BCUT2D eigenvalue weighted by Crippen LogP contribution is 2.27. The van der Waals surface area contributed by atoms with Gasteiger partial charge in [0.25, 0.3) is 0 Å². The summed E-state index contributed by atoms with van der Waals surface area (Å²) in [6.45, 7) is 6.12. The molecule has 2 aromatic rings. The summed E-state index contributed by atoms with van der Waals surface area (Å²) in [5, 5.41) is 14.8. The van der Waals surface area contributed by atoms with E-state index in [-0.39, 0.29) is 5.91 Å². The van der Waals surface area contributed by atoms with E-state index < -0.39 is 6.04 Å². The summed E-state index contributed by atoms with van der Waals surface area (Å²) >= 11 is 0. The van der Waals surface area contributed by atoms with Gasteiger partial charge in [0.1, 0.15) is 24.1 Å². The molecular weight excluding hydrogens is 294 g/mol. The number of nitrogens with one attached hydrogen (secondary N) is 2. The van der Waals surface area contributed by atoms with Crippen LogP contribution >= 0.6 is 0 Å². The molecule has 7 nitrogen and oxygen atoms in total. The highest BCUT2D eigenvalue weighted by molar-refractivity contribution is 5.84. The first-order chi connectivity index (χ1) is 11.2. The number of carbonyl (C=O) groups is 1. The summed E-state index contributed by atoms with van der Waals surface area (Å²) in [6, 6.07) is 7.20. The Morgan fingerprint density at radius 3 is 3.04 bits per heavy atom. The molecule has 1 aromatic heterocycles. The molecule has 1 atom stereocenters. The van der Waals surface area contributed by atoms with Crippen LogP contribution in [0.25, 0.3) is 0 Å². The van der Waals surface area contributed by atoms with E-state index in [0.29, 0.717) is 26.2 Å². The van der Waals surface area contributed by atoms with Crippen LogP contribution in [-0.2, 0) is 17.9 Å². The molecule has 3 rings (SSSR count). The van der Waals surface area contributed by atoms with Gasteiger partial charge in [0.15, 0.2) is 0 Å². The van der Waals surface area contributed by atoms with Gasteiger partial charge in [-0.3, -0.25) is 10.1 Å². The molecular formula is C16H21N5O2. The summed E-state index contributed by atoms with van der Waals surface area (Å²) in [5.74, 6) is 0.666. The lowest BCUT2D eigenvalue weighted by atomic mass is 10.1. The van der Waals surface area contributed by atoms with Crippen molar-refractivity contribution in [3.8, 4) is 5.75 Å². The van der Waals surface area contributed by atoms with E-state index in [9.17, 15) is 4.79 Å². The largest absolute Gasteiger partial charge is 0.492 e. The first kappa shape index (κ1) is 15.5. The SMILES string of the molecule is CCn1nc(C)c(CNC(=O)C2NCCOc3ccccc32)n1. The molecule has 1 aliphatic heterocycles. The third-order valence-corrected chi connectivity index (χ3v) is 3.83. The van der Waals surface area contributed by atoms with Gasteiger partial charge in [0, 0.05) is 12.1 Å². The van der Waals surface area contributed by atoms with Crippen LogP contribution in [0.15, 0.2) is 24.3 Å². The Kier molecular flexibility index (Phi) is 4.57. The van der Waals surface area contributed by atoms with Gasteiger partial charge in [-0.2, -0.15) is 15.0 Å². The summed E-state index contributed by atoms with van der Waals surface area (Å²) in [6.07, 6.45) is 0. The molecule has 0 aliphatic carbocycles. The fourth-order valence-corrected chi connectivity index (χ4v) is 2.60. The minimum absolute atomic E-state index is 0.0894. The number of amides is 1. The van der Waals surface area contributed by atoms with Crippen molar-refractivity contribution in [1.82, 2.24) is 25.6 Å². The molecule has 1 aliphatic rings. The first-order valence-corrected chi connectivity index (χ1v) is 7.82. The van der Waals surface area contributed by atoms with Gasteiger partial charge in [0.2, 0.25) is 5.91 Å². The molecule has 2 N–H and O–H groups in total. The molecule has 1 aromatic carbocycles. The third-order valence-electron chi connectivity index (χ3n) is 3.83. The van der Waals surface area contributed by atoms with Crippen LogP contribution in [0.2, 0.25) is 0 Å². The van der Waals surface area contributed by atoms with Gasteiger partial charge < -0.3 is 10.1 Å². The second-order valence-electron chi connectivity index (χ2n) is 5.41. The maximum atomic E-state index is 12.6. The molecule has 0 spiro atoms. The zero-order valence-corrected chi connectivity index (χ0v) is 13.4. The average Bonchev–Trinajstić information content (AvgIpc) is 2.80. The number of hydrogen-bond acceptors (Lipinski definition) is 5. The van der Waals surface area contributed by atoms with Gasteiger partial charge >= 0.3 is 0 Å². The lowest BCUT2D eigenvalue weighted by Gasteiger charge is -2.16. The fraction of sp³-hybridized carbons (Fsp3) is 0.438. The number of fused-ring (bicyclic) bond motifs is 1. The second kappa shape index (κ2) is 6.78. The quantitative estimate of drug-likeness (QED) is 0.878. The number of aromatic nitrogens is 3. The summed E-state index contributed by atoms with van der Waals surface area (Å²) in [5.41, 5.74) is 2.49. The Labute approximate surface area is 135 Å². The van der Waals surface area contributed by atoms with Crippen LogP contribution in [0, 0.1) is 6.92 Å². The van der Waals surface area contributed by atoms with Crippen LogP contribution < -0.4 is 15.4 Å². The predicted octanol–water partition coefficient (Wildman–Crippen LogP) is 0.946. The van der Waals surface area contributed by atoms with Gasteiger partial charge in [-0.1, -0.05) is 18.2 Å². The van der Waals surface area contributed by atoms with Gasteiger partial charge in [-0.05, 0) is 19.9 Å². The third kappa shape index (κ3) is 3.34. The molecule has 1 amide bonds. The molecule has 23 heavy (non-hydrogen) atoms. The van der Waals surface area contributed by atoms with E-state index in [2.05, 4.69) is 20.8 Å². The van der Waals surface area contributed by atoms with Crippen molar-refractivity contribution in [2.75, 3.05) is 13.2 Å². The zero-order valence-electron chi connectivity index (χ0n) is 13.4. The Bertz CT molecular complexity index is 698. The number of ether oxygens (including phenoxy) is 1. The van der Waals surface area contributed by atoms with E-state index >= 15 is 0 Å². The molecule has 0 radical (unpaired) electrons. The number of benzene rings is 1. The Morgan fingerprint density at radius 1 is 1.43 bits per heavy atom. The molecule has 2 heterocycles. The number of rotatable bonds is 4. The van der Waals surface area contributed by atoms with E-state index in [1.165, 1.54) is 0 Å². The number of para-hydroxylation sites is 1. The normalized spacial score (nSPS) is 17.0. The van der Waals surface area contributed by atoms with Gasteiger partial charge in [-0.15, -0.1) is 0 Å². The second-order valence-corrected chi connectivity index (χ2v) is 5.41. The molecule has 1 unspecified atom stereocenters. The van der Waals surface area contributed by atoms with E-state index in [1.807, 2.05) is 38.1 Å². The lowest BCUT2D eigenvalue weighted by molar-refractivity contribution is -0.123. The predicted molar refractivity (Wildman–Crippen MR) is 85.0 cm³/mol. The Balaban J connectivity index is 1.71. The van der Waals surface area contributed by atoms with Crippen LogP contribution in [0.5, 0.6) is 5.75 Å². The lowest BCUT2D eigenvalue weighted by Crippen LogP contribution is -2.37.